The van der Waals surface area contributed by atoms with E-state index < -0.39 is 0 Å². The predicted octanol–water partition coefficient (Wildman–Crippen LogP) is -0.974. The average molecular weight is 143 g/mol. The number of primary amides is 1. The topological polar surface area (TPSA) is 68.2 Å². The van der Waals surface area contributed by atoms with Crippen molar-refractivity contribution >= 4 is 5.91 Å². The molecule has 0 spiro atoms. The van der Waals surface area contributed by atoms with Crippen molar-refractivity contribution in [2.45, 2.75) is 31.3 Å². The SMILES string of the molecule is C[C@H]1O[C@H]1[C@H]1O[C@H]1C(N)=O. The van der Waals surface area contributed by atoms with Crippen LogP contribution in [-0.4, -0.2) is 30.3 Å². The van der Waals surface area contributed by atoms with Gasteiger partial charge in [0.2, 0.25) is 5.91 Å². The molecule has 0 saturated carbocycles. The maximum Gasteiger partial charge on any atom is 0.249 e. The zero-order valence-electron chi connectivity index (χ0n) is 5.61. The molecule has 0 aliphatic carbocycles. The van der Waals surface area contributed by atoms with Crippen molar-refractivity contribution in [2.24, 2.45) is 5.73 Å². The van der Waals surface area contributed by atoms with Gasteiger partial charge in [-0.15, -0.1) is 0 Å². The molecule has 2 heterocycles. The molecule has 2 saturated heterocycles. The molecule has 4 atom stereocenters. The third-order valence-electron chi connectivity index (χ3n) is 1.89. The minimum absolute atomic E-state index is 0.0486. The van der Waals surface area contributed by atoms with E-state index in [9.17, 15) is 4.79 Å². The summed E-state index contributed by atoms with van der Waals surface area (Å²) in [5.74, 6) is -0.382. The largest absolute Gasteiger partial charge is 0.367 e. The molecule has 2 fully saturated rings. The molecule has 0 unspecified atom stereocenters. The van der Waals surface area contributed by atoms with E-state index in [1.54, 1.807) is 0 Å². The number of amides is 1. The van der Waals surface area contributed by atoms with Crippen LogP contribution in [-0.2, 0) is 14.3 Å². The Bertz CT molecular complexity index is 182. The van der Waals surface area contributed by atoms with E-state index in [-0.39, 0.29) is 30.3 Å². The van der Waals surface area contributed by atoms with Crippen molar-refractivity contribution in [3.63, 3.8) is 0 Å². The summed E-state index contributed by atoms with van der Waals surface area (Å²) in [4.78, 5) is 10.5. The van der Waals surface area contributed by atoms with Crippen molar-refractivity contribution in [1.29, 1.82) is 0 Å². The van der Waals surface area contributed by atoms with Gasteiger partial charge in [0.1, 0.15) is 12.2 Å². The van der Waals surface area contributed by atoms with Crippen LogP contribution in [0.4, 0.5) is 0 Å². The molecule has 4 nitrogen and oxygen atoms in total. The summed E-state index contributed by atoms with van der Waals surface area (Å²) in [5, 5.41) is 0. The summed E-state index contributed by atoms with van der Waals surface area (Å²) in [6.07, 6.45) is -0.0608. The fourth-order valence-corrected chi connectivity index (χ4v) is 1.15. The molecule has 0 aromatic carbocycles. The summed E-state index contributed by atoms with van der Waals surface area (Å²) >= 11 is 0. The zero-order chi connectivity index (χ0) is 7.30. The van der Waals surface area contributed by atoms with E-state index in [0.717, 1.165) is 0 Å². The average Bonchev–Trinajstić information content (AvgIpc) is 2.57. The monoisotopic (exact) mass is 143 g/mol. The molecule has 0 bridgehead atoms. The second-order valence-electron chi connectivity index (χ2n) is 2.73. The first-order valence-corrected chi connectivity index (χ1v) is 3.30. The Morgan fingerprint density at radius 2 is 2.00 bits per heavy atom. The van der Waals surface area contributed by atoms with Gasteiger partial charge in [0.05, 0.1) is 6.10 Å². The highest BCUT2D eigenvalue weighted by atomic mass is 16.7. The first kappa shape index (κ1) is 6.12. The molecule has 0 aromatic rings. The van der Waals surface area contributed by atoms with Gasteiger partial charge < -0.3 is 15.2 Å². The van der Waals surface area contributed by atoms with E-state index in [2.05, 4.69) is 0 Å². The third-order valence-corrected chi connectivity index (χ3v) is 1.89. The van der Waals surface area contributed by atoms with Gasteiger partial charge >= 0.3 is 0 Å². The quantitative estimate of drug-likeness (QED) is 0.505. The molecule has 0 aromatic heterocycles. The molecule has 56 valence electrons. The van der Waals surface area contributed by atoms with Gasteiger partial charge in [-0.1, -0.05) is 0 Å². The highest BCUT2D eigenvalue weighted by molar-refractivity contribution is 5.82. The van der Waals surface area contributed by atoms with Crippen LogP contribution in [0.15, 0.2) is 0 Å². The Balaban J connectivity index is 1.85. The maximum atomic E-state index is 10.5. The van der Waals surface area contributed by atoms with Crippen LogP contribution < -0.4 is 5.73 Å². The molecular weight excluding hydrogens is 134 g/mol. The molecule has 10 heavy (non-hydrogen) atoms. The number of rotatable bonds is 2. The zero-order valence-corrected chi connectivity index (χ0v) is 5.61. The number of carbonyl (C=O) groups excluding carboxylic acids is 1. The van der Waals surface area contributed by atoms with E-state index in [0.29, 0.717) is 0 Å². The summed E-state index contributed by atoms with van der Waals surface area (Å²) in [6, 6.07) is 0. The summed E-state index contributed by atoms with van der Waals surface area (Å²) in [7, 11) is 0. The first-order valence-electron chi connectivity index (χ1n) is 3.30. The summed E-state index contributed by atoms with van der Waals surface area (Å²) in [5.41, 5.74) is 4.98. The molecule has 2 aliphatic rings. The van der Waals surface area contributed by atoms with Gasteiger partial charge in [-0.05, 0) is 6.92 Å². The highest BCUT2D eigenvalue weighted by Crippen LogP contribution is 2.37. The summed E-state index contributed by atoms with van der Waals surface area (Å²) < 4.78 is 10.1. The van der Waals surface area contributed by atoms with E-state index >= 15 is 0 Å². The van der Waals surface area contributed by atoms with E-state index in [1.165, 1.54) is 0 Å². The minimum Gasteiger partial charge on any atom is -0.367 e. The fraction of sp³-hybridized carbons (Fsp3) is 0.833. The van der Waals surface area contributed by atoms with Crippen LogP contribution in [0.1, 0.15) is 6.92 Å². The first-order chi connectivity index (χ1) is 4.70. The van der Waals surface area contributed by atoms with Crippen LogP contribution >= 0.6 is 0 Å². The fourth-order valence-electron chi connectivity index (χ4n) is 1.15. The standard InChI is InChI=1S/C6H9NO3/c1-2-3(9-2)4-5(10-4)6(7)8/h2-5H,1H3,(H2,7,8)/t2-,3-,4-,5-/m1/s1. The summed E-state index contributed by atoms with van der Waals surface area (Å²) in [6.45, 7) is 1.95. The van der Waals surface area contributed by atoms with Crippen LogP contribution in [0, 0.1) is 0 Å². The molecule has 2 rings (SSSR count). The second kappa shape index (κ2) is 1.71. The number of nitrogens with two attached hydrogens (primary N) is 1. The molecule has 2 aliphatic heterocycles. The van der Waals surface area contributed by atoms with Crippen LogP contribution in [0.2, 0.25) is 0 Å². The van der Waals surface area contributed by atoms with Crippen molar-refractivity contribution in [1.82, 2.24) is 0 Å². The third kappa shape index (κ3) is 0.803. The lowest BCUT2D eigenvalue weighted by Crippen LogP contribution is -2.21. The Morgan fingerprint density at radius 3 is 2.30 bits per heavy atom. The Hall–Kier alpha value is -0.610. The smallest absolute Gasteiger partial charge is 0.249 e. The van der Waals surface area contributed by atoms with Crippen molar-refractivity contribution in [3.05, 3.63) is 0 Å². The maximum absolute atomic E-state index is 10.5. The lowest BCUT2D eigenvalue weighted by atomic mass is 10.2. The molecule has 4 heteroatoms. The van der Waals surface area contributed by atoms with Crippen molar-refractivity contribution in [3.8, 4) is 0 Å². The lowest BCUT2D eigenvalue weighted by Gasteiger charge is -1.80. The number of hydrogen-bond donors (Lipinski definition) is 1. The molecule has 2 N–H and O–H groups in total. The number of carbonyl (C=O) groups is 1. The van der Waals surface area contributed by atoms with E-state index in [1.807, 2.05) is 6.92 Å². The van der Waals surface area contributed by atoms with E-state index in [4.69, 9.17) is 15.2 Å². The van der Waals surface area contributed by atoms with Crippen molar-refractivity contribution < 1.29 is 14.3 Å². The van der Waals surface area contributed by atoms with Crippen LogP contribution in [0.25, 0.3) is 0 Å². The second-order valence-corrected chi connectivity index (χ2v) is 2.73. The van der Waals surface area contributed by atoms with Crippen LogP contribution in [0.3, 0.4) is 0 Å². The predicted molar refractivity (Wildman–Crippen MR) is 32.2 cm³/mol. The van der Waals surface area contributed by atoms with Gasteiger partial charge in [-0.25, -0.2) is 0 Å². The molecule has 1 amide bonds. The molecule has 0 radical (unpaired) electrons. The minimum atomic E-state index is -0.382. The lowest BCUT2D eigenvalue weighted by molar-refractivity contribution is -0.119. The Morgan fingerprint density at radius 1 is 1.40 bits per heavy atom. The Kier molecular flexibility index (Phi) is 1.04. The highest BCUT2D eigenvalue weighted by Gasteiger charge is 2.57. The van der Waals surface area contributed by atoms with Crippen molar-refractivity contribution in [2.75, 3.05) is 0 Å². The number of ether oxygens (including phenoxy) is 2. The van der Waals surface area contributed by atoms with Gasteiger partial charge in [0, 0.05) is 0 Å². The van der Waals surface area contributed by atoms with Gasteiger partial charge in [-0.3, -0.25) is 4.79 Å². The normalized spacial score (nSPS) is 50.5. The van der Waals surface area contributed by atoms with Gasteiger partial charge in [0.25, 0.3) is 0 Å². The number of hydrogen-bond acceptors (Lipinski definition) is 3. The van der Waals surface area contributed by atoms with Crippen LogP contribution in [0.5, 0.6) is 0 Å². The number of epoxide rings is 2. The van der Waals surface area contributed by atoms with Gasteiger partial charge in [0.15, 0.2) is 6.10 Å². The Labute approximate surface area is 58.3 Å². The molecular formula is C6H9NO3. The van der Waals surface area contributed by atoms with Gasteiger partial charge in [-0.2, -0.15) is 0 Å².